The van der Waals surface area contributed by atoms with Gasteiger partial charge in [-0.25, -0.2) is 0 Å². The van der Waals surface area contributed by atoms with Crippen LogP contribution in [0, 0.1) is 5.92 Å². The SMILES string of the molecule is O=C1NC(=S)N(c2ccc(Cl)cc2)C(=O)[C@@H]1/C=N\Nc1ccccc1. The summed E-state index contributed by atoms with van der Waals surface area (Å²) in [5, 5.41) is 7.06. The fourth-order valence-electron chi connectivity index (χ4n) is 2.26. The van der Waals surface area contributed by atoms with Gasteiger partial charge < -0.3 is 5.32 Å². The normalized spacial score (nSPS) is 17.7. The van der Waals surface area contributed by atoms with E-state index >= 15 is 0 Å². The molecule has 8 heteroatoms. The molecule has 2 N–H and O–H groups in total. The molecule has 1 atom stereocenters. The van der Waals surface area contributed by atoms with Gasteiger partial charge in [0, 0.05) is 11.2 Å². The lowest BCUT2D eigenvalue weighted by Crippen LogP contribution is -2.58. The summed E-state index contributed by atoms with van der Waals surface area (Å²) >= 11 is 11.0. The van der Waals surface area contributed by atoms with Crippen molar-refractivity contribution >= 4 is 58.3 Å². The van der Waals surface area contributed by atoms with Crippen LogP contribution in [0.5, 0.6) is 0 Å². The Hall–Kier alpha value is -2.77. The molecule has 0 saturated carbocycles. The standard InChI is InChI=1S/C17H13ClN4O2S/c18-11-6-8-13(9-7-11)22-16(24)14(15(23)20-17(22)25)10-19-21-12-4-2-1-3-5-12/h1-10,14,21H,(H,20,23,25)/b19-10-/t14-/m1/s1. The maximum atomic E-state index is 12.7. The van der Waals surface area contributed by atoms with Gasteiger partial charge in [0.1, 0.15) is 0 Å². The van der Waals surface area contributed by atoms with E-state index in [0.717, 1.165) is 5.69 Å². The Morgan fingerprint density at radius 1 is 1.12 bits per heavy atom. The molecule has 0 spiro atoms. The number of nitrogens with one attached hydrogen (secondary N) is 2. The molecule has 1 saturated heterocycles. The molecule has 1 aliphatic heterocycles. The minimum Gasteiger partial charge on any atom is -0.301 e. The van der Waals surface area contributed by atoms with E-state index in [1.807, 2.05) is 30.3 Å². The number of hydrogen-bond donors (Lipinski definition) is 2. The Morgan fingerprint density at radius 3 is 2.48 bits per heavy atom. The summed E-state index contributed by atoms with van der Waals surface area (Å²) in [6.07, 6.45) is 1.26. The third-order valence-electron chi connectivity index (χ3n) is 3.48. The maximum Gasteiger partial charge on any atom is 0.251 e. The van der Waals surface area contributed by atoms with Crippen LogP contribution in [0.15, 0.2) is 59.7 Å². The minimum absolute atomic E-state index is 0.0259. The van der Waals surface area contributed by atoms with Gasteiger partial charge in [0.15, 0.2) is 11.0 Å². The largest absolute Gasteiger partial charge is 0.301 e. The number of para-hydroxylation sites is 1. The van der Waals surface area contributed by atoms with Gasteiger partial charge in [0.25, 0.3) is 5.91 Å². The highest BCUT2D eigenvalue weighted by Gasteiger charge is 2.38. The number of carbonyl (C=O) groups excluding carboxylic acids is 2. The van der Waals surface area contributed by atoms with Crippen LogP contribution in [0.3, 0.4) is 0 Å². The maximum absolute atomic E-state index is 12.7. The minimum atomic E-state index is -1.08. The van der Waals surface area contributed by atoms with Gasteiger partial charge in [-0.2, -0.15) is 5.10 Å². The van der Waals surface area contributed by atoms with Crippen LogP contribution in [0.25, 0.3) is 0 Å². The summed E-state index contributed by atoms with van der Waals surface area (Å²) in [7, 11) is 0. The third kappa shape index (κ3) is 3.84. The second-order valence-electron chi connectivity index (χ2n) is 5.18. The molecule has 2 aromatic carbocycles. The van der Waals surface area contributed by atoms with Gasteiger partial charge in [-0.3, -0.25) is 19.9 Å². The van der Waals surface area contributed by atoms with E-state index in [1.165, 1.54) is 11.1 Å². The van der Waals surface area contributed by atoms with Crippen molar-refractivity contribution in [3.05, 3.63) is 59.6 Å². The van der Waals surface area contributed by atoms with Gasteiger partial charge >= 0.3 is 0 Å². The number of halogens is 1. The Morgan fingerprint density at radius 2 is 1.80 bits per heavy atom. The second kappa shape index (κ2) is 7.42. The van der Waals surface area contributed by atoms with Crippen molar-refractivity contribution in [1.29, 1.82) is 0 Å². The van der Waals surface area contributed by atoms with E-state index in [9.17, 15) is 9.59 Å². The number of benzene rings is 2. The molecule has 2 amide bonds. The number of hydrogen-bond acceptors (Lipinski definition) is 5. The summed E-state index contributed by atoms with van der Waals surface area (Å²) < 4.78 is 0. The van der Waals surface area contributed by atoms with Crippen LogP contribution in [0.1, 0.15) is 0 Å². The van der Waals surface area contributed by atoms with E-state index < -0.39 is 17.7 Å². The highest BCUT2D eigenvalue weighted by Crippen LogP contribution is 2.22. The Kier molecular flexibility index (Phi) is 5.06. The van der Waals surface area contributed by atoms with Crippen molar-refractivity contribution in [2.24, 2.45) is 11.0 Å². The molecule has 1 fully saturated rings. The molecule has 25 heavy (non-hydrogen) atoms. The molecule has 1 heterocycles. The van der Waals surface area contributed by atoms with Crippen molar-refractivity contribution in [3.8, 4) is 0 Å². The van der Waals surface area contributed by atoms with Crippen LogP contribution in [0.4, 0.5) is 11.4 Å². The van der Waals surface area contributed by atoms with E-state index in [0.29, 0.717) is 10.7 Å². The zero-order chi connectivity index (χ0) is 17.8. The zero-order valence-electron chi connectivity index (χ0n) is 12.8. The first-order valence-corrected chi connectivity index (χ1v) is 8.13. The number of rotatable bonds is 4. The molecular formula is C17H13ClN4O2S. The van der Waals surface area contributed by atoms with Gasteiger partial charge in [-0.15, -0.1) is 0 Å². The van der Waals surface area contributed by atoms with Crippen LogP contribution in [-0.4, -0.2) is 23.1 Å². The second-order valence-corrected chi connectivity index (χ2v) is 6.00. The molecule has 0 bridgehead atoms. The van der Waals surface area contributed by atoms with Crippen LogP contribution in [0.2, 0.25) is 5.02 Å². The molecule has 6 nitrogen and oxygen atoms in total. The third-order valence-corrected chi connectivity index (χ3v) is 4.01. The first kappa shape index (κ1) is 17.1. The zero-order valence-corrected chi connectivity index (χ0v) is 14.4. The monoisotopic (exact) mass is 372 g/mol. The quantitative estimate of drug-likeness (QED) is 0.374. The van der Waals surface area contributed by atoms with Crippen LogP contribution in [-0.2, 0) is 9.59 Å². The molecule has 0 aliphatic carbocycles. The molecule has 1 aliphatic rings. The molecular weight excluding hydrogens is 360 g/mol. The molecule has 0 unspecified atom stereocenters. The van der Waals surface area contributed by atoms with Gasteiger partial charge in [-0.1, -0.05) is 29.8 Å². The Balaban J connectivity index is 1.79. The lowest BCUT2D eigenvalue weighted by molar-refractivity contribution is -0.130. The first-order valence-electron chi connectivity index (χ1n) is 7.35. The van der Waals surface area contributed by atoms with Gasteiger partial charge in [0.05, 0.1) is 11.4 Å². The summed E-state index contributed by atoms with van der Waals surface area (Å²) in [5.74, 6) is -2.08. The summed E-state index contributed by atoms with van der Waals surface area (Å²) in [4.78, 5) is 26.1. The lowest BCUT2D eigenvalue weighted by Gasteiger charge is -2.30. The van der Waals surface area contributed by atoms with E-state index in [4.69, 9.17) is 23.8 Å². The molecule has 0 radical (unpaired) electrons. The summed E-state index contributed by atoms with van der Waals surface area (Å²) in [6, 6.07) is 15.8. The number of anilines is 2. The number of nitrogens with zero attached hydrogens (tertiary/aromatic N) is 2. The predicted molar refractivity (Wildman–Crippen MR) is 102 cm³/mol. The van der Waals surface area contributed by atoms with Crippen molar-refractivity contribution in [3.63, 3.8) is 0 Å². The van der Waals surface area contributed by atoms with E-state index in [1.54, 1.807) is 24.3 Å². The Labute approximate surface area is 154 Å². The number of amides is 2. The number of thiocarbonyl (C=S) groups is 1. The van der Waals surface area contributed by atoms with E-state index in [2.05, 4.69) is 15.8 Å². The highest BCUT2D eigenvalue weighted by molar-refractivity contribution is 7.80. The van der Waals surface area contributed by atoms with E-state index in [-0.39, 0.29) is 5.11 Å². The Bertz CT molecular complexity index is 839. The average molecular weight is 373 g/mol. The van der Waals surface area contributed by atoms with Gasteiger partial charge in [0.2, 0.25) is 5.91 Å². The summed E-state index contributed by atoms with van der Waals surface area (Å²) in [6.45, 7) is 0. The highest BCUT2D eigenvalue weighted by atomic mass is 35.5. The van der Waals surface area contributed by atoms with Crippen molar-refractivity contribution < 1.29 is 9.59 Å². The smallest absolute Gasteiger partial charge is 0.251 e. The van der Waals surface area contributed by atoms with Crippen LogP contribution < -0.4 is 15.6 Å². The first-order chi connectivity index (χ1) is 12.1. The summed E-state index contributed by atoms with van der Waals surface area (Å²) in [5.41, 5.74) is 4.04. The number of carbonyl (C=O) groups is 2. The molecule has 126 valence electrons. The fourth-order valence-corrected chi connectivity index (χ4v) is 2.68. The lowest BCUT2D eigenvalue weighted by atomic mass is 10.1. The number of hydrazone groups is 1. The molecule has 0 aromatic heterocycles. The van der Waals surface area contributed by atoms with Crippen molar-refractivity contribution in [2.45, 2.75) is 0 Å². The van der Waals surface area contributed by atoms with Crippen molar-refractivity contribution in [2.75, 3.05) is 10.3 Å². The van der Waals surface area contributed by atoms with Gasteiger partial charge in [-0.05, 0) is 48.6 Å². The topological polar surface area (TPSA) is 73.8 Å². The molecule has 3 rings (SSSR count). The average Bonchev–Trinajstić information content (AvgIpc) is 2.60. The van der Waals surface area contributed by atoms with Crippen LogP contribution >= 0.6 is 23.8 Å². The molecule has 2 aromatic rings. The fraction of sp³-hybridized carbons (Fsp3) is 0.0588. The van der Waals surface area contributed by atoms with Crippen molar-refractivity contribution in [1.82, 2.24) is 5.32 Å². The predicted octanol–water partition coefficient (Wildman–Crippen LogP) is 2.80.